The summed E-state index contributed by atoms with van der Waals surface area (Å²) in [5.74, 6) is -0.967. The highest BCUT2D eigenvalue weighted by molar-refractivity contribution is 5.85. The highest BCUT2D eigenvalue weighted by Crippen LogP contribution is 2.15. The van der Waals surface area contributed by atoms with Gasteiger partial charge < -0.3 is 14.6 Å². The maximum absolute atomic E-state index is 10.5. The molecule has 0 heterocycles. The first-order valence-electron chi connectivity index (χ1n) is 5.18. The van der Waals surface area contributed by atoms with Crippen molar-refractivity contribution in [2.24, 2.45) is 0 Å². The van der Waals surface area contributed by atoms with Gasteiger partial charge in [0.2, 0.25) is 0 Å². The van der Waals surface area contributed by atoms with Crippen LogP contribution in [0.2, 0.25) is 0 Å². The summed E-state index contributed by atoms with van der Waals surface area (Å²) < 4.78 is 10.1. The fraction of sp³-hybridized carbons (Fsp3) is 0.308. The normalized spacial score (nSPS) is 10.9. The lowest BCUT2D eigenvalue weighted by atomic mass is 10.0. The summed E-state index contributed by atoms with van der Waals surface area (Å²) in [5.41, 5.74) is 2.78. The van der Waals surface area contributed by atoms with E-state index in [1.54, 1.807) is 20.3 Å². The van der Waals surface area contributed by atoms with Crippen LogP contribution < -0.4 is 0 Å². The number of methoxy groups -OCH3 is 2. The quantitative estimate of drug-likeness (QED) is 0.768. The van der Waals surface area contributed by atoms with Gasteiger partial charge in [-0.25, -0.2) is 4.79 Å². The van der Waals surface area contributed by atoms with E-state index in [1.165, 1.54) is 0 Å². The minimum atomic E-state index is -0.967. The molecule has 0 spiro atoms. The van der Waals surface area contributed by atoms with E-state index in [9.17, 15) is 4.79 Å². The Morgan fingerprint density at radius 3 is 2.59 bits per heavy atom. The van der Waals surface area contributed by atoms with Gasteiger partial charge in [0.25, 0.3) is 0 Å². The van der Waals surface area contributed by atoms with Gasteiger partial charge in [-0.05, 0) is 28.8 Å². The molecule has 0 atom stereocenters. The Morgan fingerprint density at radius 2 is 2.00 bits per heavy atom. The summed E-state index contributed by atoms with van der Waals surface area (Å²) in [6, 6.07) is 5.76. The maximum Gasteiger partial charge on any atom is 0.328 e. The predicted octanol–water partition coefficient (Wildman–Crippen LogP) is 2.08. The lowest BCUT2D eigenvalue weighted by molar-refractivity contribution is -0.131. The zero-order valence-electron chi connectivity index (χ0n) is 9.97. The Kier molecular flexibility index (Phi) is 5.39. The predicted molar refractivity (Wildman–Crippen MR) is 64.5 cm³/mol. The Morgan fingerprint density at radius 1 is 1.29 bits per heavy atom. The van der Waals surface area contributed by atoms with Crippen molar-refractivity contribution >= 4 is 12.0 Å². The van der Waals surface area contributed by atoms with Crippen LogP contribution in [-0.4, -0.2) is 25.3 Å². The highest BCUT2D eigenvalue weighted by atomic mass is 16.5. The summed E-state index contributed by atoms with van der Waals surface area (Å²) in [5, 5.41) is 8.63. The summed E-state index contributed by atoms with van der Waals surface area (Å²) in [7, 11) is 3.23. The fourth-order valence-corrected chi connectivity index (χ4v) is 1.50. The molecule has 0 fully saturated rings. The molecule has 0 aliphatic rings. The Hall–Kier alpha value is -1.65. The topological polar surface area (TPSA) is 55.8 Å². The number of carbonyl (C=O) groups is 1. The summed E-state index contributed by atoms with van der Waals surface area (Å²) in [6.45, 7) is 0.952. The molecule has 1 rings (SSSR count). The van der Waals surface area contributed by atoms with E-state index < -0.39 is 5.97 Å². The lowest BCUT2D eigenvalue weighted by Crippen LogP contribution is -1.96. The van der Waals surface area contributed by atoms with E-state index >= 15 is 0 Å². The van der Waals surface area contributed by atoms with Crippen LogP contribution in [0, 0.1) is 0 Å². The maximum atomic E-state index is 10.5. The largest absolute Gasteiger partial charge is 0.478 e. The van der Waals surface area contributed by atoms with E-state index in [0.29, 0.717) is 13.2 Å². The summed E-state index contributed by atoms with van der Waals surface area (Å²) >= 11 is 0. The van der Waals surface area contributed by atoms with Crippen molar-refractivity contribution in [2.45, 2.75) is 13.2 Å². The molecule has 0 aliphatic carbocycles. The zero-order chi connectivity index (χ0) is 12.7. The van der Waals surface area contributed by atoms with Crippen LogP contribution in [0.15, 0.2) is 24.3 Å². The average molecular weight is 236 g/mol. The molecule has 0 aromatic heterocycles. The van der Waals surface area contributed by atoms with Crippen LogP contribution in [-0.2, 0) is 27.5 Å². The minimum absolute atomic E-state index is 0.451. The van der Waals surface area contributed by atoms with Gasteiger partial charge in [-0.15, -0.1) is 0 Å². The molecule has 1 aromatic rings. The van der Waals surface area contributed by atoms with Crippen LogP contribution >= 0.6 is 0 Å². The van der Waals surface area contributed by atoms with Crippen molar-refractivity contribution in [2.75, 3.05) is 14.2 Å². The number of ether oxygens (including phenoxy) is 2. The number of benzene rings is 1. The molecule has 0 amide bonds. The minimum Gasteiger partial charge on any atom is -0.478 e. The van der Waals surface area contributed by atoms with Gasteiger partial charge in [-0.3, -0.25) is 0 Å². The average Bonchev–Trinajstić information content (AvgIpc) is 2.29. The van der Waals surface area contributed by atoms with Gasteiger partial charge in [0.05, 0.1) is 13.2 Å². The molecule has 0 aliphatic heterocycles. The monoisotopic (exact) mass is 236 g/mol. The molecular formula is C13H16O4. The van der Waals surface area contributed by atoms with E-state index in [1.807, 2.05) is 18.2 Å². The summed E-state index contributed by atoms with van der Waals surface area (Å²) in [6.07, 6.45) is 2.68. The number of carboxylic acids is 1. The molecule has 4 heteroatoms. The van der Waals surface area contributed by atoms with E-state index in [2.05, 4.69) is 0 Å². The zero-order valence-corrected chi connectivity index (χ0v) is 9.97. The van der Waals surface area contributed by atoms with E-state index in [0.717, 1.165) is 22.8 Å². The first kappa shape index (κ1) is 13.4. The molecule has 0 saturated heterocycles. The van der Waals surface area contributed by atoms with Crippen LogP contribution in [0.3, 0.4) is 0 Å². The molecule has 1 N–H and O–H groups in total. The molecule has 1 aromatic carbocycles. The van der Waals surface area contributed by atoms with Gasteiger partial charge in [-0.1, -0.05) is 12.1 Å². The van der Waals surface area contributed by atoms with Crippen molar-refractivity contribution in [1.82, 2.24) is 0 Å². The molecule has 0 bridgehead atoms. The summed E-state index contributed by atoms with van der Waals surface area (Å²) in [4.78, 5) is 10.5. The van der Waals surface area contributed by atoms with Crippen molar-refractivity contribution < 1.29 is 19.4 Å². The van der Waals surface area contributed by atoms with E-state index in [4.69, 9.17) is 14.6 Å². The number of hydrogen-bond acceptors (Lipinski definition) is 3. The Balaban J connectivity index is 3.01. The van der Waals surface area contributed by atoms with Gasteiger partial charge in [-0.2, -0.15) is 0 Å². The van der Waals surface area contributed by atoms with Crippen LogP contribution in [0.5, 0.6) is 0 Å². The second-order valence-electron chi connectivity index (χ2n) is 3.57. The number of rotatable bonds is 6. The first-order valence-corrected chi connectivity index (χ1v) is 5.18. The van der Waals surface area contributed by atoms with Gasteiger partial charge in [0, 0.05) is 20.3 Å². The molecule has 0 saturated carbocycles. The van der Waals surface area contributed by atoms with Crippen LogP contribution in [0.4, 0.5) is 0 Å². The Labute approximate surface area is 100 Å². The second kappa shape index (κ2) is 6.83. The van der Waals surface area contributed by atoms with Crippen LogP contribution in [0.1, 0.15) is 16.7 Å². The number of carboxylic acid groups (broad SMARTS) is 1. The third kappa shape index (κ3) is 4.38. The first-order chi connectivity index (χ1) is 8.17. The molecular weight excluding hydrogens is 220 g/mol. The van der Waals surface area contributed by atoms with Crippen molar-refractivity contribution in [3.8, 4) is 0 Å². The number of hydrogen-bond donors (Lipinski definition) is 1. The lowest BCUT2D eigenvalue weighted by Gasteiger charge is -2.07. The molecule has 17 heavy (non-hydrogen) atoms. The van der Waals surface area contributed by atoms with Crippen LogP contribution in [0.25, 0.3) is 6.08 Å². The van der Waals surface area contributed by atoms with Gasteiger partial charge in [0.1, 0.15) is 0 Å². The second-order valence-corrected chi connectivity index (χ2v) is 3.57. The number of aliphatic carboxylic acids is 1. The van der Waals surface area contributed by atoms with E-state index in [-0.39, 0.29) is 0 Å². The standard InChI is InChI=1S/C13H16O4/c1-16-8-10-3-4-12(9-17-2)11(7-10)5-6-13(14)15/h3-7H,8-9H2,1-2H3,(H,14,15)/b6-5+. The Bertz CT molecular complexity index is 410. The third-order valence-corrected chi connectivity index (χ3v) is 2.23. The molecule has 4 nitrogen and oxygen atoms in total. The fourth-order valence-electron chi connectivity index (χ4n) is 1.50. The SMILES string of the molecule is COCc1ccc(COC)c(/C=C/C(=O)O)c1. The smallest absolute Gasteiger partial charge is 0.328 e. The highest BCUT2D eigenvalue weighted by Gasteiger charge is 2.02. The third-order valence-electron chi connectivity index (χ3n) is 2.23. The molecule has 0 radical (unpaired) electrons. The van der Waals surface area contributed by atoms with Gasteiger partial charge in [0.15, 0.2) is 0 Å². The molecule has 92 valence electrons. The van der Waals surface area contributed by atoms with Crippen molar-refractivity contribution in [3.05, 3.63) is 41.0 Å². The van der Waals surface area contributed by atoms with Crippen molar-refractivity contribution in [3.63, 3.8) is 0 Å². The van der Waals surface area contributed by atoms with Gasteiger partial charge >= 0.3 is 5.97 Å². The molecule has 0 unspecified atom stereocenters. The van der Waals surface area contributed by atoms with Crippen molar-refractivity contribution in [1.29, 1.82) is 0 Å².